The molecule has 1 aromatic heterocycles. The molecule has 0 aromatic carbocycles. The molecule has 1 aliphatic heterocycles. The van der Waals surface area contributed by atoms with Crippen LogP contribution in [0, 0.1) is 5.92 Å². The standard InChI is InChI=1S/C14H23N3O2/c1-3-19-14(18)13-5-4-7-17(11-13)8-6-12-9-15-16(2)10-12/h9-10,13H,3-8,11H2,1-2H3/t13-/m0/s1. The molecule has 19 heavy (non-hydrogen) atoms. The molecule has 5 nitrogen and oxygen atoms in total. The Balaban J connectivity index is 1.79. The van der Waals surface area contributed by atoms with E-state index < -0.39 is 0 Å². The molecule has 0 aliphatic carbocycles. The molecule has 0 amide bonds. The summed E-state index contributed by atoms with van der Waals surface area (Å²) in [5.41, 5.74) is 1.25. The van der Waals surface area contributed by atoms with Crippen LogP contribution in [0.1, 0.15) is 25.3 Å². The summed E-state index contributed by atoms with van der Waals surface area (Å²) in [7, 11) is 1.93. The van der Waals surface area contributed by atoms with Gasteiger partial charge in [-0.05, 0) is 38.3 Å². The predicted octanol–water partition coefficient (Wildman–Crippen LogP) is 1.24. The van der Waals surface area contributed by atoms with Crippen molar-refractivity contribution in [3.8, 4) is 0 Å². The third kappa shape index (κ3) is 4.06. The van der Waals surface area contributed by atoms with Gasteiger partial charge < -0.3 is 9.64 Å². The van der Waals surface area contributed by atoms with Crippen molar-refractivity contribution >= 4 is 5.97 Å². The summed E-state index contributed by atoms with van der Waals surface area (Å²) >= 11 is 0. The molecule has 1 aromatic rings. The highest BCUT2D eigenvalue weighted by Gasteiger charge is 2.26. The molecule has 1 saturated heterocycles. The van der Waals surface area contributed by atoms with E-state index in [1.807, 2.05) is 31.0 Å². The number of aryl methyl sites for hydroxylation is 1. The van der Waals surface area contributed by atoms with Crippen LogP contribution in [0.3, 0.4) is 0 Å². The molecule has 2 heterocycles. The Hall–Kier alpha value is -1.36. The van der Waals surface area contributed by atoms with Crippen molar-refractivity contribution in [2.75, 3.05) is 26.2 Å². The van der Waals surface area contributed by atoms with Crippen molar-refractivity contribution in [3.63, 3.8) is 0 Å². The Kier molecular flexibility index (Phi) is 4.96. The van der Waals surface area contributed by atoms with Crippen LogP contribution in [0.15, 0.2) is 12.4 Å². The number of likely N-dealkylation sites (tertiary alicyclic amines) is 1. The van der Waals surface area contributed by atoms with Gasteiger partial charge in [0.1, 0.15) is 0 Å². The minimum atomic E-state index is -0.0337. The predicted molar refractivity (Wildman–Crippen MR) is 72.7 cm³/mol. The summed E-state index contributed by atoms with van der Waals surface area (Å²) in [6, 6.07) is 0. The Morgan fingerprint density at radius 2 is 2.42 bits per heavy atom. The number of ether oxygens (including phenoxy) is 1. The summed E-state index contributed by atoms with van der Waals surface area (Å²) in [6.45, 7) is 5.24. The van der Waals surface area contributed by atoms with Gasteiger partial charge in [0.15, 0.2) is 0 Å². The smallest absolute Gasteiger partial charge is 0.310 e. The Morgan fingerprint density at radius 1 is 1.58 bits per heavy atom. The van der Waals surface area contributed by atoms with E-state index in [2.05, 4.69) is 10.00 Å². The van der Waals surface area contributed by atoms with E-state index in [4.69, 9.17) is 4.74 Å². The Bertz CT molecular complexity index is 417. The fourth-order valence-corrected chi connectivity index (χ4v) is 2.60. The van der Waals surface area contributed by atoms with Gasteiger partial charge >= 0.3 is 5.97 Å². The number of carbonyl (C=O) groups is 1. The zero-order valence-electron chi connectivity index (χ0n) is 11.8. The average molecular weight is 265 g/mol. The lowest BCUT2D eigenvalue weighted by Gasteiger charge is -2.31. The molecule has 0 N–H and O–H groups in total. The second-order valence-corrected chi connectivity index (χ2v) is 5.16. The SMILES string of the molecule is CCOC(=O)[C@H]1CCCN(CCc2cnn(C)c2)C1. The van der Waals surface area contributed by atoms with Gasteiger partial charge in [0.25, 0.3) is 0 Å². The molecule has 106 valence electrons. The zero-order valence-corrected chi connectivity index (χ0v) is 11.8. The molecule has 0 bridgehead atoms. The summed E-state index contributed by atoms with van der Waals surface area (Å²) in [6.07, 6.45) is 6.99. The molecular weight excluding hydrogens is 242 g/mol. The number of rotatable bonds is 5. The Labute approximate surface area is 114 Å². The molecule has 5 heteroatoms. The van der Waals surface area contributed by atoms with Gasteiger partial charge in [0, 0.05) is 26.3 Å². The number of hydrogen-bond donors (Lipinski definition) is 0. The largest absolute Gasteiger partial charge is 0.466 e. The minimum Gasteiger partial charge on any atom is -0.466 e. The van der Waals surface area contributed by atoms with Crippen molar-refractivity contribution in [3.05, 3.63) is 18.0 Å². The summed E-state index contributed by atoms with van der Waals surface area (Å²) in [5, 5.41) is 4.17. The first-order valence-electron chi connectivity index (χ1n) is 7.05. The molecule has 1 atom stereocenters. The lowest BCUT2D eigenvalue weighted by atomic mass is 9.98. The van der Waals surface area contributed by atoms with Crippen molar-refractivity contribution < 1.29 is 9.53 Å². The van der Waals surface area contributed by atoms with Gasteiger partial charge in [-0.15, -0.1) is 0 Å². The van der Waals surface area contributed by atoms with E-state index >= 15 is 0 Å². The van der Waals surface area contributed by atoms with Gasteiger partial charge in [0.2, 0.25) is 0 Å². The van der Waals surface area contributed by atoms with Crippen molar-refractivity contribution in [2.45, 2.75) is 26.2 Å². The molecule has 0 saturated carbocycles. The molecule has 0 unspecified atom stereocenters. The number of esters is 1. The fourth-order valence-electron chi connectivity index (χ4n) is 2.60. The average Bonchev–Trinajstić information content (AvgIpc) is 2.83. The van der Waals surface area contributed by atoms with Crippen LogP contribution >= 0.6 is 0 Å². The van der Waals surface area contributed by atoms with Crippen LogP contribution in [0.5, 0.6) is 0 Å². The molecular formula is C14H23N3O2. The highest BCUT2D eigenvalue weighted by atomic mass is 16.5. The second kappa shape index (κ2) is 6.70. The summed E-state index contributed by atoms with van der Waals surface area (Å²) < 4.78 is 6.94. The normalized spacial score (nSPS) is 20.4. The Morgan fingerprint density at radius 3 is 3.11 bits per heavy atom. The first-order valence-corrected chi connectivity index (χ1v) is 7.05. The third-order valence-corrected chi connectivity index (χ3v) is 3.60. The number of piperidine rings is 1. The number of carbonyl (C=O) groups excluding carboxylic acids is 1. The zero-order chi connectivity index (χ0) is 13.7. The van der Waals surface area contributed by atoms with Gasteiger partial charge in [0.05, 0.1) is 18.7 Å². The third-order valence-electron chi connectivity index (χ3n) is 3.60. The maximum atomic E-state index is 11.8. The second-order valence-electron chi connectivity index (χ2n) is 5.16. The van der Waals surface area contributed by atoms with E-state index in [1.54, 1.807) is 0 Å². The van der Waals surface area contributed by atoms with Gasteiger partial charge in [-0.1, -0.05) is 0 Å². The molecule has 0 radical (unpaired) electrons. The number of hydrogen-bond acceptors (Lipinski definition) is 4. The van der Waals surface area contributed by atoms with Crippen LogP contribution in [-0.2, 0) is 23.0 Å². The quantitative estimate of drug-likeness (QED) is 0.752. The lowest BCUT2D eigenvalue weighted by Crippen LogP contribution is -2.40. The van der Waals surface area contributed by atoms with Crippen LogP contribution in [0.4, 0.5) is 0 Å². The summed E-state index contributed by atoms with van der Waals surface area (Å²) in [5.74, 6) is 0.0242. The van der Waals surface area contributed by atoms with E-state index in [9.17, 15) is 4.79 Å². The van der Waals surface area contributed by atoms with E-state index in [0.29, 0.717) is 6.61 Å². The lowest BCUT2D eigenvalue weighted by molar-refractivity contribution is -0.149. The van der Waals surface area contributed by atoms with Gasteiger partial charge in [-0.2, -0.15) is 5.10 Å². The monoisotopic (exact) mass is 265 g/mol. The number of aromatic nitrogens is 2. The molecule has 1 aliphatic rings. The first kappa shape index (κ1) is 14.1. The van der Waals surface area contributed by atoms with E-state index in [0.717, 1.165) is 38.9 Å². The van der Waals surface area contributed by atoms with Crippen molar-refractivity contribution in [1.82, 2.24) is 14.7 Å². The summed E-state index contributed by atoms with van der Waals surface area (Å²) in [4.78, 5) is 14.1. The van der Waals surface area contributed by atoms with Gasteiger partial charge in [-0.25, -0.2) is 0 Å². The molecule has 2 rings (SSSR count). The fraction of sp³-hybridized carbons (Fsp3) is 0.714. The van der Waals surface area contributed by atoms with Crippen LogP contribution in [0.25, 0.3) is 0 Å². The molecule has 1 fully saturated rings. The van der Waals surface area contributed by atoms with Gasteiger partial charge in [-0.3, -0.25) is 9.48 Å². The van der Waals surface area contributed by atoms with Crippen LogP contribution in [0.2, 0.25) is 0 Å². The maximum Gasteiger partial charge on any atom is 0.310 e. The first-order chi connectivity index (χ1) is 9.19. The van der Waals surface area contributed by atoms with Crippen molar-refractivity contribution in [2.24, 2.45) is 13.0 Å². The van der Waals surface area contributed by atoms with Crippen LogP contribution in [-0.4, -0.2) is 46.9 Å². The maximum absolute atomic E-state index is 11.8. The van der Waals surface area contributed by atoms with Crippen LogP contribution < -0.4 is 0 Å². The highest BCUT2D eigenvalue weighted by molar-refractivity contribution is 5.72. The highest BCUT2D eigenvalue weighted by Crippen LogP contribution is 2.18. The van der Waals surface area contributed by atoms with E-state index in [-0.39, 0.29) is 11.9 Å². The van der Waals surface area contributed by atoms with Crippen molar-refractivity contribution in [1.29, 1.82) is 0 Å². The number of nitrogens with zero attached hydrogens (tertiary/aromatic N) is 3. The van der Waals surface area contributed by atoms with E-state index in [1.165, 1.54) is 5.56 Å². The minimum absolute atomic E-state index is 0.0337. The topological polar surface area (TPSA) is 47.4 Å². The molecule has 0 spiro atoms.